The Labute approximate surface area is 116 Å². The van der Waals surface area contributed by atoms with E-state index in [0.29, 0.717) is 12.1 Å². The molecule has 0 bridgehead atoms. The molecule has 2 nitrogen and oxygen atoms in total. The largest absolute Gasteiger partial charge is 0.508 e. The highest BCUT2D eigenvalue weighted by Crippen LogP contribution is 2.38. The number of rotatable bonds is 2. The van der Waals surface area contributed by atoms with Crippen molar-refractivity contribution in [2.45, 2.75) is 6.18 Å². The van der Waals surface area contributed by atoms with Gasteiger partial charge in [-0.25, -0.2) is 4.39 Å². The zero-order valence-electron chi connectivity index (χ0n) is 9.71. The number of alkyl halides is 3. The quantitative estimate of drug-likeness (QED) is 0.792. The highest BCUT2D eigenvalue weighted by Gasteiger charge is 2.32. The zero-order valence-corrected chi connectivity index (χ0v) is 10.5. The molecule has 7 heteroatoms. The summed E-state index contributed by atoms with van der Waals surface area (Å²) in [6, 6.07) is 6.23. The fourth-order valence-corrected chi connectivity index (χ4v) is 1.73. The Morgan fingerprint density at radius 1 is 1.10 bits per heavy atom. The van der Waals surface area contributed by atoms with Gasteiger partial charge in [-0.1, -0.05) is 17.7 Å². The molecule has 0 saturated carbocycles. The Bertz CT molecular complexity index is 618. The van der Waals surface area contributed by atoms with E-state index >= 15 is 0 Å². The summed E-state index contributed by atoms with van der Waals surface area (Å²) in [5.41, 5.74) is -1.21. The molecule has 106 valence electrons. The van der Waals surface area contributed by atoms with Crippen molar-refractivity contribution in [3.8, 4) is 17.2 Å². The van der Waals surface area contributed by atoms with Crippen LogP contribution in [-0.2, 0) is 6.18 Å². The number of halogens is 5. The topological polar surface area (TPSA) is 29.5 Å². The van der Waals surface area contributed by atoms with E-state index < -0.39 is 28.3 Å². The molecular formula is C13H7ClF4O2. The first-order chi connectivity index (χ1) is 9.27. The summed E-state index contributed by atoms with van der Waals surface area (Å²) in [7, 11) is 0. The van der Waals surface area contributed by atoms with Crippen LogP contribution in [0.15, 0.2) is 36.4 Å². The van der Waals surface area contributed by atoms with Crippen LogP contribution in [0, 0.1) is 5.82 Å². The van der Waals surface area contributed by atoms with Crippen LogP contribution in [0.1, 0.15) is 5.56 Å². The average molecular weight is 307 g/mol. The second kappa shape index (κ2) is 5.20. The molecule has 0 heterocycles. The van der Waals surface area contributed by atoms with Gasteiger partial charge in [-0.3, -0.25) is 0 Å². The van der Waals surface area contributed by atoms with Crippen molar-refractivity contribution in [1.82, 2.24) is 0 Å². The average Bonchev–Trinajstić information content (AvgIpc) is 2.32. The molecule has 0 aliphatic carbocycles. The third-order valence-electron chi connectivity index (χ3n) is 2.36. The highest BCUT2D eigenvalue weighted by molar-refractivity contribution is 6.32. The molecule has 0 aliphatic rings. The van der Waals surface area contributed by atoms with Gasteiger partial charge in [0.2, 0.25) is 0 Å². The van der Waals surface area contributed by atoms with Gasteiger partial charge >= 0.3 is 6.18 Å². The fraction of sp³-hybridized carbons (Fsp3) is 0.0769. The molecule has 2 rings (SSSR count). The van der Waals surface area contributed by atoms with Crippen molar-refractivity contribution in [1.29, 1.82) is 0 Å². The van der Waals surface area contributed by atoms with Crippen molar-refractivity contribution in [2.24, 2.45) is 0 Å². The summed E-state index contributed by atoms with van der Waals surface area (Å²) in [6.45, 7) is 0. The van der Waals surface area contributed by atoms with Crippen molar-refractivity contribution in [2.75, 3.05) is 0 Å². The molecule has 20 heavy (non-hydrogen) atoms. The third-order valence-corrected chi connectivity index (χ3v) is 2.64. The number of hydrogen-bond acceptors (Lipinski definition) is 2. The molecule has 0 atom stereocenters. The number of aromatic hydroxyl groups is 1. The van der Waals surface area contributed by atoms with E-state index in [0.717, 1.165) is 0 Å². The Hall–Kier alpha value is -1.95. The Balaban J connectivity index is 2.38. The lowest BCUT2D eigenvalue weighted by Crippen LogP contribution is -2.06. The van der Waals surface area contributed by atoms with Gasteiger partial charge in [0.05, 0.1) is 10.6 Å². The second-order valence-corrected chi connectivity index (χ2v) is 4.27. The summed E-state index contributed by atoms with van der Waals surface area (Å²) < 4.78 is 56.1. The summed E-state index contributed by atoms with van der Waals surface area (Å²) in [5, 5.41) is 8.71. The molecule has 0 fully saturated rings. The van der Waals surface area contributed by atoms with E-state index in [1.807, 2.05) is 0 Å². The Morgan fingerprint density at radius 2 is 1.80 bits per heavy atom. The highest BCUT2D eigenvalue weighted by atomic mass is 35.5. The number of ether oxygens (including phenoxy) is 1. The third kappa shape index (κ3) is 3.14. The molecule has 1 N–H and O–H groups in total. The zero-order chi connectivity index (χ0) is 14.9. The van der Waals surface area contributed by atoms with Crippen LogP contribution < -0.4 is 4.74 Å². The minimum Gasteiger partial charge on any atom is -0.508 e. The SMILES string of the molecule is Oc1cccc(Oc2c(F)cc(C(F)(F)F)cc2Cl)c1. The van der Waals surface area contributed by atoms with Gasteiger partial charge in [-0.2, -0.15) is 13.2 Å². The maximum absolute atomic E-state index is 13.7. The van der Waals surface area contributed by atoms with E-state index in [9.17, 15) is 22.7 Å². The number of hydrogen-bond donors (Lipinski definition) is 1. The van der Waals surface area contributed by atoms with Gasteiger partial charge in [0.1, 0.15) is 11.5 Å². The summed E-state index contributed by atoms with van der Waals surface area (Å²) in [4.78, 5) is 0. The summed E-state index contributed by atoms with van der Waals surface area (Å²) >= 11 is 5.60. The van der Waals surface area contributed by atoms with Crippen LogP contribution >= 0.6 is 11.6 Å². The number of benzene rings is 2. The fourth-order valence-electron chi connectivity index (χ4n) is 1.49. The smallest absolute Gasteiger partial charge is 0.416 e. The van der Waals surface area contributed by atoms with Crippen LogP contribution in [0.3, 0.4) is 0 Å². The molecule has 0 aliphatic heterocycles. The number of phenolic OH excluding ortho intramolecular Hbond substituents is 1. The Morgan fingerprint density at radius 3 is 2.35 bits per heavy atom. The van der Waals surface area contributed by atoms with Crippen LogP contribution in [0.5, 0.6) is 17.2 Å². The van der Waals surface area contributed by atoms with Gasteiger partial charge in [-0.05, 0) is 24.3 Å². The van der Waals surface area contributed by atoms with E-state index in [-0.39, 0.29) is 11.5 Å². The minimum atomic E-state index is -4.70. The maximum atomic E-state index is 13.7. The first-order valence-electron chi connectivity index (χ1n) is 5.30. The van der Waals surface area contributed by atoms with E-state index in [2.05, 4.69) is 0 Å². The van der Waals surface area contributed by atoms with Crippen LogP contribution in [0.25, 0.3) is 0 Å². The summed E-state index contributed by atoms with van der Waals surface area (Å²) in [6.07, 6.45) is -4.70. The molecule has 0 amide bonds. The molecule has 2 aromatic rings. The lowest BCUT2D eigenvalue weighted by molar-refractivity contribution is -0.137. The van der Waals surface area contributed by atoms with E-state index in [1.165, 1.54) is 24.3 Å². The van der Waals surface area contributed by atoms with Gasteiger partial charge in [-0.15, -0.1) is 0 Å². The monoisotopic (exact) mass is 306 g/mol. The first-order valence-corrected chi connectivity index (χ1v) is 5.68. The standard InChI is InChI=1S/C13H7ClF4O2/c14-10-4-7(13(16,17)18)5-11(15)12(10)20-9-3-1-2-8(19)6-9/h1-6,19H. The molecule has 0 saturated heterocycles. The molecule has 0 unspecified atom stereocenters. The van der Waals surface area contributed by atoms with Crippen LogP contribution in [0.2, 0.25) is 5.02 Å². The minimum absolute atomic E-state index is 0.0468. The van der Waals surface area contributed by atoms with Gasteiger partial charge in [0.25, 0.3) is 0 Å². The molecule has 2 aromatic carbocycles. The molecule has 0 radical (unpaired) electrons. The molecular weight excluding hydrogens is 300 g/mol. The van der Waals surface area contributed by atoms with Crippen molar-refractivity contribution in [3.05, 3.63) is 52.8 Å². The predicted molar refractivity (Wildman–Crippen MR) is 64.6 cm³/mol. The van der Waals surface area contributed by atoms with Crippen LogP contribution in [-0.4, -0.2) is 5.11 Å². The maximum Gasteiger partial charge on any atom is 0.416 e. The second-order valence-electron chi connectivity index (χ2n) is 3.87. The van der Waals surface area contributed by atoms with E-state index in [1.54, 1.807) is 0 Å². The first kappa shape index (κ1) is 14.5. The van der Waals surface area contributed by atoms with Gasteiger partial charge in [0, 0.05) is 6.07 Å². The van der Waals surface area contributed by atoms with Gasteiger partial charge < -0.3 is 9.84 Å². The lowest BCUT2D eigenvalue weighted by Gasteiger charge is -2.12. The summed E-state index contributed by atoms with van der Waals surface area (Å²) in [5.74, 6) is -1.87. The van der Waals surface area contributed by atoms with Crippen LogP contribution in [0.4, 0.5) is 17.6 Å². The van der Waals surface area contributed by atoms with E-state index in [4.69, 9.17) is 16.3 Å². The van der Waals surface area contributed by atoms with Gasteiger partial charge in [0.15, 0.2) is 11.6 Å². The molecule has 0 aromatic heterocycles. The van der Waals surface area contributed by atoms with Crippen molar-refractivity contribution >= 4 is 11.6 Å². The predicted octanol–water partition coefficient (Wildman–Crippen LogP) is 5.00. The Kier molecular flexibility index (Phi) is 3.76. The number of phenols is 1. The molecule has 0 spiro atoms. The van der Waals surface area contributed by atoms with Crippen molar-refractivity contribution < 1.29 is 27.4 Å². The normalized spacial score (nSPS) is 11.4. The van der Waals surface area contributed by atoms with Crippen molar-refractivity contribution in [3.63, 3.8) is 0 Å². The lowest BCUT2D eigenvalue weighted by atomic mass is 10.2.